The molecule has 1 aromatic carbocycles. The Labute approximate surface area is 92.4 Å². The molecule has 1 aromatic heterocycles. The van der Waals surface area contributed by atoms with Crippen LogP contribution in [-0.2, 0) is 6.54 Å². The van der Waals surface area contributed by atoms with Gasteiger partial charge in [-0.05, 0) is 18.2 Å². The second kappa shape index (κ2) is 4.28. The Morgan fingerprint density at radius 2 is 2.06 bits per heavy atom. The molecule has 0 unspecified atom stereocenters. The molecule has 0 aliphatic carbocycles. The first kappa shape index (κ1) is 10.6. The topological polar surface area (TPSA) is 59.1 Å². The van der Waals surface area contributed by atoms with Gasteiger partial charge in [-0.25, -0.2) is 4.39 Å². The van der Waals surface area contributed by atoms with Crippen molar-refractivity contribution >= 4 is 0 Å². The monoisotopic (exact) mass is 218 g/mol. The highest BCUT2D eigenvalue weighted by molar-refractivity contribution is 5.61. The second-order valence-electron chi connectivity index (χ2n) is 3.38. The molecule has 2 aromatic rings. The van der Waals surface area contributed by atoms with Gasteiger partial charge in [0.2, 0.25) is 0 Å². The molecule has 2 rings (SSSR count). The van der Waals surface area contributed by atoms with E-state index >= 15 is 0 Å². The summed E-state index contributed by atoms with van der Waals surface area (Å²) in [5, 5.41) is 9.41. The molecule has 16 heavy (non-hydrogen) atoms. The Hall–Kier alpha value is -1.94. The number of pyridine rings is 1. The van der Waals surface area contributed by atoms with E-state index in [1.165, 1.54) is 12.3 Å². The standard InChI is InChI=1S/C12H11FN2O/c13-10-4-2-1-3-9(10)11-5-8(6-14)12(16)7-15-11/h1-5,7,16H,6,14H2. The molecule has 0 radical (unpaired) electrons. The number of halogens is 1. The minimum absolute atomic E-state index is 0.0302. The first-order valence-electron chi connectivity index (χ1n) is 4.85. The van der Waals surface area contributed by atoms with Crippen LogP contribution in [0.25, 0.3) is 11.3 Å². The Bertz CT molecular complexity index is 514. The van der Waals surface area contributed by atoms with E-state index in [0.717, 1.165) is 0 Å². The number of aromatic nitrogens is 1. The maximum absolute atomic E-state index is 13.5. The second-order valence-corrected chi connectivity index (χ2v) is 3.38. The van der Waals surface area contributed by atoms with Gasteiger partial charge in [0.15, 0.2) is 0 Å². The van der Waals surface area contributed by atoms with Crippen LogP contribution in [0.1, 0.15) is 5.56 Å². The molecule has 0 aliphatic rings. The van der Waals surface area contributed by atoms with E-state index in [9.17, 15) is 9.50 Å². The molecule has 0 bridgehead atoms. The number of nitrogens with two attached hydrogens (primary N) is 1. The lowest BCUT2D eigenvalue weighted by molar-refractivity contribution is 0.466. The van der Waals surface area contributed by atoms with Gasteiger partial charge in [-0.3, -0.25) is 4.98 Å². The third kappa shape index (κ3) is 1.87. The van der Waals surface area contributed by atoms with E-state index in [1.807, 2.05) is 0 Å². The molecule has 0 atom stereocenters. The summed E-state index contributed by atoms with van der Waals surface area (Å²) >= 11 is 0. The lowest BCUT2D eigenvalue weighted by atomic mass is 10.1. The predicted octanol–water partition coefficient (Wildman–Crippen LogP) is 2.05. The van der Waals surface area contributed by atoms with Crippen LogP contribution in [0.3, 0.4) is 0 Å². The van der Waals surface area contributed by atoms with Crippen molar-refractivity contribution in [2.75, 3.05) is 0 Å². The fourth-order valence-corrected chi connectivity index (χ4v) is 1.47. The molecule has 0 saturated carbocycles. The first-order chi connectivity index (χ1) is 7.72. The van der Waals surface area contributed by atoms with Crippen molar-refractivity contribution < 1.29 is 9.50 Å². The number of rotatable bonds is 2. The molecule has 0 spiro atoms. The number of hydrogen-bond donors (Lipinski definition) is 2. The quantitative estimate of drug-likeness (QED) is 0.811. The van der Waals surface area contributed by atoms with Crippen molar-refractivity contribution in [3.63, 3.8) is 0 Å². The molecular weight excluding hydrogens is 207 g/mol. The van der Waals surface area contributed by atoms with E-state index in [0.29, 0.717) is 16.8 Å². The van der Waals surface area contributed by atoms with Gasteiger partial charge in [0.25, 0.3) is 0 Å². The molecule has 0 aliphatic heterocycles. The Morgan fingerprint density at radius 1 is 1.31 bits per heavy atom. The van der Waals surface area contributed by atoms with Crippen molar-refractivity contribution in [3.8, 4) is 17.0 Å². The Morgan fingerprint density at radius 3 is 2.75 bits per heavy atom. The van der Waals surface area contributed by atoms with Crippen molar-refractivity contribution in [3.05, 3.63) is 47.9 Å². The van der Waals surface area contributed by atoms with Crippen molar-refractivity contribution in [2.45, 2.75) is 6.54 Å². The Kier molecular flexibility index (Phi) is 2.83. The van der Waals surface area contributed by atoms with Gasteiger partial charge < -0.3 is 10.8 Å². The fraction of sp³-hybridized carbons (Fsp3) is 0.0833. The van der Waals surface area contributed by atoms with Gasteiger partial charge in [-0.15, -0.1) is 0 Å². The van der Waals surface area contributed by atoms with E-state index in [2.05, 4.69) is 4.98 Å². The van der Waals surface area contributed by atoms with Gasteiger partial charge in [0, 0.05) is 17.7 Å². The van der Waals surface area contributed by atoms with Crippen molar-refractivity contribution in [1.82, 2.24) is 4.98 Å². The van der Waals surface area contributed by atoms with Crippen LogP contribution in [0.5, 0.6) is 5.75 Å². The molecule has 1 heterocycles. The first-order valence-corrected chi connectivity index (χ1v) is 4.85. The van der Waals surface area contributed by atoms with Gasteiger partial charge in [0.05, 0.1) is 11.9 Å². The maximum atomic E-state index is 13.5. The van der Waals surface area contributed by atoms with Gasteiger partial charge in [-0.1, -0.05) is 12.1 Å². The van der Waals surface area contributed by atoms with E-state index in [1.54, 1.807) is 24.3 Å². The highest BCUT2D eigenvalue weighted by atomic mass is 19.1. The summed E-state index contributed by atoms with van der Waals surface area (Å²) in [4.78, 5) is 3.97. The Balaban J connectivity index is 2.53. The van der Waals surface area contributed by atoms with E-state index < -0.39 is 0 Å². The molecule has 3 nitrogen and oxygen atoms in total. The summed E-state index contributed by atoms with van der Waals surface area (Å²) in [5.41, 5.74) is 6.87. The zero-order valence-corrected chi connectivity index (χ0v) is 8.52. The predicted molar refractivity (Wildman–Crippen MR) is 59.2 cm³/mol. The molecule has 82 valence electrons. The maximum Gasteiger partial charge on any atom is 0.138 e. The minimum atomic E-state index is -0.344. The average molecular weight is 218 g/mol. The van der Waals surface area contributed by atoms with E-state index in [-0.39, 0.29) is 18.1 Å². The number of aromatic hydroxyl groups is 1. The summed E-state index contributed by atoms with van der Waals surface area (Å²) in [6.07, 6.45) is 1.28. The summed E-state index contributed by atoms with van der Waals surface area (Å²) in [7, 11) is 0. The zero-order valence-electron chi connectivity index (χ0n) is 8.52. The lowest BCUT2D eigenvalue weighted by Gasteiger charge is -2.06. The van der Waals surface area contributed by atoms with Gasteiger partial charge in [-0.2, -0.15) is 0 Å². The number of benzene rings is 1. The van der Waals surface area contributed by atoms with Crippen molar-refractivity contribution in [1.29, 1.82) is 0 Å². The average Bonchev–Trinajstić information content (AvgIpc) is 2.31. The van der Waals surface area contributed by atoms with E-state index in [4.69, 9.17) is 5.73 Å². The fourth-order valence-electron chi connectivity index (χ4n) is 1.47. The number of hydrogen-bond acceptors (Lipinski definition) is 3. The molecular formula is C12H11FN2O. The van der Waals surface area contributed by atoms with Crippen LogP contribution >= 0.6 is 0 Å². The molecule has 3 N–H and O–H groups in total. The molecule has 0 saturated heterocycles. The lowest BCUT2D eigenvalue weighted by Crippen LogP contribution is -1.98. The van der Waals surface area contributed by atoms with Gasteiger partial charge in [0.1, 0.15) is 11.6 Å². The normalized spacial score (nSPS) is 10.4. The third-order valence-corrected chi connectivity index (χ3v) is 2.34. The summed E-state index contributed by atoms with van der Waals surface area (Å²) in [6, 6.07) is 7.94. The summed E-state index contributed by atoms with van der Waals surface area (Å²) in [6.45, 7) is 0.190. The van der Waals surface area contributed by atoms with Crippen LogP contribution in [0, 0.1) is 5.82 Å². The molecule has 0 fully saturated rings. The van der Waals surface area contributed by atoms with Crippen LogP contribution < -0.4 is 5.73 Å². The molecule has 4 heteroatoms. The smallest absolute Gasteiger partial charge is 0.138 e. The van der Waals surface area contributed by atoms with Crippen LogP contribution in [0.2, 0.25) is 0 Å². The van der Waals surface area contributed by atoms with Crippen LogP contribution in [0.4, 0.5) is 4.39 Å². The highest BCUT2D eigenvalue weighted by Crippen LogP contribution is 2.24. The third-order valence-electron chi connectivity index (χ3n) is 2.34. The van der Waals surface area contributed by atoms with Crippen molar-refractivity contribution in [2.24, 2.45) is 5.73 Å². The van der Waals surface area contributed by atoms with Crippen LogP contribution in [-0.4, -0.2) is 10.1 Å². The summed E-state index contributed by atoms with van der Waals surface area (Å²) in [5.74, 6) is -0.314. The number of nitrogens with zero attached hydrogens (tertiary/aromatic N) is 1. The largest absolute Gasteiger partial charge is 0.506 e. The molecule has 0 amide bonds. The zero-order chi connectivity index (χ0) is 11.5. The van der Waals surface area contributed by atoms with Crippen LogP contribution in [0.15, 0.2) is 36.5 Å². The summed E-state index contributed by atoms with van der Waals surface area (Å²) < 4.78 is 13.5. The van der Waals surface area contributed by atoms with Gasteiger partial charge >= 0.3 is 0 Å². The minimum Gasteiger partial charge on any atom is -0.506 e. The SMILES string of the molecule is NCc1cc(-c2ccccc2F)ncc1O. The highest BCUT2D eigenvalue weighted by Gasteiger charge is 2.08.